The van der Waals surface area contributed by atoms with Crippen LogP contribution in [0.4, 0.5) is 0 Å². The number of nitrogens with zero attached hydrogens (tertiary/aromatic N) is 2. The van der Waals surface area contributed by atoms with E-state index in [0.717, 1.165) is 37.7 Å². The highest BCUT2D eigenvalue weighted by molar-refractivity contribution is 5.68. The lowest BCUT2D eigenvalue weighted by molar-refractivity contribution is 0.270. The molecule has 0 saturated carbocycles. The van der Waals surface area contributed by atoms with Crippen molar-refractivity contribution in [3.05, 3.63) is 54.1 Å². The van der Waals surface area contributed by atoms with Crippen LogP contribution in [0.5, 0.6) is 5.75 Å². The molecule has 0 aromatic heterocycles. The number of benzene rings is 2. The molecule has 1 aliphatic rings. The third-order valence-electron chi connectivity index (χ3n) is 6.46. The monoisotopic (exact) mass is 420 g/mol. The van der Waals surface area contributed by atoms with E-state index in [4.69, 9.17) is 4.74 Å². The number of hydrogen-bond acceptors (Lipinski definition) is 2. The average molecular weight is 421 g/mol. The van der Waals surface area contributed by atoms with Crippen molar-refractivity contribution in [1.29, 1.82) is 0 Å². The maximum absolute atomic E-state index is 5.31. The van der Waals surface area contributed by atoms with Crippen LogP contribution in [0.15, 0.2) is 53.5 Å². The number of aliphatic imine (C=N–C) groups is 1. The zero-order valence-electron chi connectivity index (χ0n) is 19.6. The minimum absolute atomic E-state index is 0.752. The zero-order valence-corrected chi connectivity index (χ0v) is 19.6. The van der Waals surface area contributed by atoms with Gasteiger partial charge in [0.1, 0.15) is 5.75 Å². The van der Waals surface area contributed by atoms with Crippen LogP contribution in [0.2, 0.25) is 0 Å². The Labute approximate surface area is 189 Å². The molecule has 0 aliphatic carbocycles. The molecule has 2 aromatic rings. The molecule has 0 amide bonds. The predicted octanol–water partition coefficient (Wildman–Crippen LogP) is 7.01. The number of unbranched alkanes of at least 4 members (excludes halogenated alkanes) is 5. The van der Waals surface area contributed by atoms with Crippen LogP contribution in [-0.2, 0) is 6.42 Å². The van der Waals surface area contributed by atoms with Crippen LogP contribution in [0, 0.1) is 5.92 Å². The molecule has 3 nitrogen and oxygen atoms in total. The first kappa shape index (κ1) is 23.4. The summed E-state index contributed by atoms with van der Waals surface area (Å²) in [4.78, 5) is 7.10. The van der Waals surface area contributed by atoms with Gasteiger partial charge in [-0.2, -0.15) is 0 Å². The van der Waals surface area contributed by atoms with Gasteiger partial charge in [0.15, 0.2) is 0 Å². The van der Waals surface area contributed by atoms with Crippen molar-refractivity contribution in [1.82, 2.24) is 4.90 Å². The zero-order chi connectivity index (χ0) is 21.7. The van der Waals surface area contributed by atoms with Crippen molar-refractivity contribution in [2.75, 3.05) is 26.7 Å². The normalized spacial score (nSPS) is 15.0. The summed E-state index contributed by atoms with van der Waals surface area (Å²) in [6, 6.07) is 17.3. The summed E-state index contributed by atoms with van der Waals surface area (Å²) in [7, 11) is 1.72. The minimum Gasteiger partial charge on any atom is -0.497 e. The Morgan fingerprint density at radius 3 is 2.39 bits per heavy atom. The lowest BCUT2D eigenvalue weighted by atomic mass is 9.87. The Morgan fingerprint density at radius 1 is 0.935 bits per heavy atom. The second-order valence-electron chi connectivity index (χ2n) is 8.86. The average Bonchev–Trinajstić information content (AvgIpc) is 2.82. The van der Waals surface area contributed by atoms with Crippen molar-refractivity contribution in [2.45, 2.75) is 64.7 Å². The Hall–Kier alpha value is -2.29. The lowest BCUT2D eigenvalue weighted by Crippen LogP contribution is -2.33. The molecule has 1 aliphatic heterocycles. The second kappa shape index (κ2) is 13.2. The van der Waals surface area contributed by atoms with Gasteiger partial charge in [0.25, 0.3) is 0 Å². The van der Waals surface area contributed by atoms with Crippen molar-refractivity contribution in [2.24, 2.45) is 10.9 Å². The Balaban J connectivity index is 1.43. The van der Waals surface area contributed by atoms with E-state index in [0.29, 0.717) is 0 Å². The van der Waals surface area contributed by atoms with Crippen molar-refractivity contribution in [3.8, 4) is 16.9 Å². The predicted molar refractivity (Wildman–Crippen MR) is 133 cm³/mol. The fraction of sp³-hybridized carbons (Fsp3) is 0.536. The van der Waals surface area contributed by atoms with Crippen molar-refractivity contribution >= 4 is 6.34 Å². The molecule has 0 unspecified atom stereocenters. The van der Waals surface area contributed by atoms with Gasteiger partial charge >= 0.3 is 0 Å². The van der Waals surface area contributed by atoms with E-state index in [1.54, 1.807) is 7.11 Å². The summed E-state index contributed by atoms with van der Waals surface area (Å²) in [5.41, 5.74) is 4.09. The van der Waals surface area contributed by atoms with Crippen molar-refractivity contribution in [3.63, 3.8) is 0 Å². The summed E-state index contributed by atoms with van der Waals surface area (Å²) >= 11 is 0. The topological polar surface area (TPSA) is 24.8 Å². The highest BCUT2D eigenvalue weighted by Crippen LogP contribution is 2.30. The van der Waals surface area contributed by atoms with Gasteiger partial charge in [-0.05, 0) is 60.4 Å². The molecule has 0 spiro atoms. The number of hydrogen-bond donors (Lipinski definition) is 0. The van der Waals surface area contributed by atoms with Gasteiger partial charge in [-0.15, -0.1) is 0 Å². The molecular formula is C28H40N2O. The van der Waals surface area contributed by atoms with E-state index in [2.05, 4.69) is 71.7 Å². The van der Waals surface area contributed by atoms with Crippen LogP contribution in [0.1, 0.15) is 63.9 Å². The van der Waals surface area contributed by atoms with Crippen LogP contribution in [0.3, 0.4) is 0 Å². The lowest BCUT2D eigenvalue weighted by Gasteiger charge is -2.31. The molecule has 1 fully saturated rings. The molecule has 1 heterocycles. The third-order valence-corrected chi connectivity index (χ3v) is 6.46. The highest BCUT2D eigenvalue weighted by Gasteiger charge is 2.19. The summed E-state index contributed by atoms with van der Waals surface area (Å²) in [5.74, 6) is 1.66. The molecule has 0 N–H and O–H groups in total. The number of likely N-dealkylation sites (tertiary alicyclic amines) is 1. The summed E-state index contributed by atoms with van der Waals surface area (Å²) < 4.78 is 5.31. The molecule has 31 heavy (non-hydrogen) atoms. The minimum atomic E-state index is 0.752. The van der Waals surface area contributed by atoms with Gasteiger partial charge < -0.3 is 9.64 Å². The fourth-order valence-electron chi connectivity index (χ4n) is 4.49. The van der Waals surface area contributed by atoms with E-state index < -0.39 is 0 Å². The maximum Gasteiger partial charge on any atom is 0.118 e. The van der Waals surface area contributed by atoms with Gasteiger partial charge in [-0.1, -0.05) is 75.4 Å². The molecule has 0 bridgehead atoms. The first-order chi connectivity index (χ1) is 15.3. The third kappa shape index (κ3) is 7.72. The maximum atomic E-state index is 5.31. The number of methoxy groups -OCH3 is 1. The number of rotatable bonds is 12. The van der Waals surface area contributed by atoms with Gasteiger partial charge in [0.05, 0.1) is 13.4 Å². The Bertz CT molecular complexity index is 776. The number of ether oxygens (including phenoxy) is 1. The van der Waals surface area contributed by atoms with E-state index in [1.165, 1.54) is 68.1 Å². The number of piperidine rings is 1. The quantitative estimate of drug-likeness (QED) is 0.210. The van der Waals surface area contributed by atoms with Gasteiger partial charge in [-0.25, -0.2) is 0 Å². The van der Waals surface area contributed by atoms with Gasteiger partial charge in [-0.3, -0.25) is 4.99 Å². The summed E-state index contributed by atoms with van der Waals surface area (Å²) in [5, 5.41) is 0. The van der Waals surface area contributed by atoms with E-state index in [1.807, 2.05) is 0 Å². The molecule has 0 radical (unpaired) electrons. The van der Waals surface area contributed by atoms with E-state index in [-0.39, 0.29) is 0 Å². The first-order valence-corrected chi connectivity index (χ1v) is 12.3. The van der Waals surface area contributed by atoms with Gasteiger partial charge in [0, 0.05) is 19.6 Å². The molecule has 168 valence electrons. The van der Waals surface area contributed by atoms with Crippen LogP contribution in [0.25, 0.3) is 11.1 Å². The molecular weight excluding hydrogens is 380 g/mol. The molecule has 3 rings (SSSR count). The smallest absolute Gasteiger partial charge is 0.118 e. The van der Waals surface area contributed by atoms with Crippen LogP contribution < -0.4 is 4.74 Å². The highest BCUT2D eigenvalue weighted by atomic mass is 16.5. The van der Waals surface area contributed by atoms with E-state index in [9.17, 15) is 0 Å². The SMILES string of the molecule is CCCCCCCCN=CN1CCC(Cc2ccccc2-c2ccc(OC)cc2)CC1. The summed E-state index contributed by atoms with van der Waals surface area (Å²) in [6.45, 7) is 5.53. The molecule has 0 atom stereocenters. The fourth-order valence-corrected chi connectivity index (χ4v) is 4.49. The largest absolute Gasteiger partial charge is 0.497 e. The summed E-state index contributed by atoms with van der Waals surface area (Å²) in [6.07, 6.45) is 13.8. The molecule has 3 heteroatoms. The standard InChI is InChI=1S/C28H40N2O/c1-3-4-5-6-7-10-19-29-23-30-20-17-24(18-21-30)22-26-11-8-9-12-28(26)25-13-15-27(31-2)16-14-25/h8-9,11-16,23-24H,3-7,10,17-22H2,1-2H3. The van der Waals surface area contributed by atoms with Crippen molar-refractivity contribution < 1.29 is 4.74 Å². The first-order valence-electron chi connectivity index (χ1n) is 12.3. The van der Waals surface area contributed by atoms with E-state index >= 15 is 0 Å². The molecule has 1 saturated heterocycles. The molecule has 2 aromatic carbocycles. The Morgan fingerprint density at radius 2 is 1.65 bits per heavy atom. The van der Waals surface area contributed by atoms with Crippen LogP contribution in [-0.4, -0.2) is 38.0 Å². The van der Waals surface area contributed by atoms with Gasteiger partial charge in [0.2, 0.25) is 0 Å². The second-order valence-corrected chi connectivity index (χ2v) is 8.86. The Kier molecular flexibility index (Phi) is 9.95. The van der Waals surface area contributed by atoms with Crippen LogP contribution >= 0.6 is 0 Å².